The predicted octanol–water partition coefficient (Wildman–Crippen LogP) is 1.24. The van der Waals surface area contributed by atoms with Crippen LogP contribution in [0.4, 0.5) is 5.69 Å². The van der Waals surface area contributed by atoms with Crippen LogP contribution in [-0.4, -0.2) is 33.2 Å². The fraction of sp³-hybridized carbons (Fsp3) is 0.429. The van der Waals surface area contributed by atoms with E-state index in [0.717, 1.165) is 10.6 Å². The standard InChI is InChI=1S/C14H19N3O3S/c1-11(2)16-14(18)7-8-17(21(3,19)20)13-6-4-5-12(9-13)10-15/h4-6,9,11H,7-8H2,1-3H3,(H,16,18). The molecule has 114 valence electrons. The topological polar surface area (TPSA) is 90.3 Å². The number of anilines is 1. The number of carbonyl (C=O) groups excluding carboxylic acids is 1. The van der Waals surface area contributed by atoms with E-state index in [1.54, 1.807) is 18.2 Å². The molecule has 0 aliphatic carbocycles. The zero-order valence-electron chi connectivity index (χ0n) is 12.3. The van der Waals surface area contributed by atoms with E-state index >= 15 is 0 Å². The van der Waals surface area contributed by atoms with Gasteiger partial charge in [0.25, 0.3) is 0 Å². The molecule has 0 saturated heterocycles. The molecule has 1 aromatic carbocycles. The van der Waals surface area contributed by atoms with Gasteiger partial charge in [0.2, 0.25) is 15.9 Å². The lowest BCUT2D eigenvalue weighted by molar-refractivity contribution is -0.121. The van der Waals surface area contributed by atoms with Crippen molar-refractivity contribution in [3.8, 4) is 6.07 Å². The number of hydrogen-bond donors (Lipinski definition) is 1. The predicted molar refractivity (Wildman–Crippen MR) is 81.2 cm³/mol. The van der Waals surface area contributed by atoms with Crippen LogP contribution in [0, 0.1) is 11.3 Å². The number of hydrogen-bond acceptors (Lipinski definition) is 4. The third kappa shape index (κ3) is 5.44. The quantitative estimate of drug-likeness (QED) is 0.856. The smallest absolute Gasteiger partial charge is 0.232 e. The summed E-state index contributed by atoms with van der Waals surface area (Å²) in [5, 5.41) is 11.6. The van der Waals surface area contributed by atoms with Crippen LogP contribution in [-0.2, 0) is 14.8 Å². The van der Waals surface area contributed by atoms with Gasteiger partial charge in [0, 0.05) is 19.0 Å². The second-order valence-electron chi connectivity index (χ2n) is 4.97. The van der Waals surface area contributed by atoms with E-state index in [1.165, 1.54) is 6.07 Å². The Morgan fingerprint density at radius 1 is 1.43 bits per heavy atom. The Bertz CT molecular complexity index is 648. The SMILES string of the molecule is CC(C)NC(=O)CCN(c1cccc(C#N)c1)S(C)(=O)=O. The molecule has 1 amide bonds. The summed E-state index contributed by atoms with van der Waals surface area (Å²) >= 11 is 0. The summed E-state index contributed by atoms with van der Waals surface area (Å²) in [5.74, 6) is -0.213. The Labute approximate surface area is 125 Å². The molecular formula is C14H19N3O3S. The molecule has 0 atom stereocenters. The minimum atomic E-state index is -3.52. The summed E-state index contributed by atoms with van der Waals surface area (Å²) in [6.07, 6.45) is 1.13. The summed E-state index contributed by atoms with van der Waals surface area (Å²) in [6.45, 7) is 3.71. The van der Waals surface area contributed by atoms with Crippen molar-refractivity contribution in [1.29, 1.82) is 5.26 Å². The third-order valence-corrected chi connectivity index (χ3v) is 3.85. The van der Waals surface area contributed by atoms with Gasteiger partial charge in [-0.05, 0) is 32.0 Å². The van der Waals surface area contributed by atoms with Gasteiger partial charge in [-0.15, -0.1) is 0 Å². The second kappa shape index (κ2) is 7.09. The Balaban J connectivity index is 2.93. The van der Waals surface area contributed by atoms with Crippen LogP contribution in [0.1, 0.15) is 25.8 Å². The first-order chi connectivity index (χ1) is 9.74. The molecule has 0 heterocycles. The van der Waals surface area contributed by atoms with Crippen LogP contribution in [0.15, 0.2) is 24.3 Å². The highest BCUT2D eigenvalue weighted by atomic mass is 32.2. The van der Waals surface area contributed by atoms with Crippen LogP contribution in [0.25, 0.3) is 0 Å². The largest absolute Gasteiger partial charge is 0.354 e. The molecule has 1 N–H and O–H groups in total. The molecule has 0 spiro atoms. The van der Waals surface area contributed by atoms with Crippen molar-refractivity contribution in [2.45, 2.75) is 26.3 Å². The maximum absolute atomic E-state index is 11.9. The lowest BCUT2D eigenvalue weighted by atomic mass is 10.2. The van der Waals surface area contributed by atoms with Gasteiger partial charge in [-0.3, -0.25) is 9.10 Å². The van der Waals surface area contributed by atoms with Crippen molar-refractivity contribution in [3.63, 3.8) is 0 Å². The van der Waals surface area contributed by atoms with Crippen LogP contribution in [0.3, 0.4) is 0 Å². The zero-order chi connectivity index (χ0) is 16.0. The van der Waals surface area contributed by atoms with E-state index in [9.17, 15) is 13.2 Å². The summed E-state index contributed by atoms with van der Waals surface area (Å²) < 4.78 is 24.9. The van der Waals surface area contributed by atoms with E-state index in [4.69, 9.17) is 5.26 Å². The number of benzene rings is 1. The molecule has 1 rings (SSSR count). The van der Waals surface area contributed by atoms with Crippen LogP contribution >= 0.6 is 0 Å². The number of amides is 1. The Morgan fingerprint density at radius 2 is 2.10 bits per heavy atom. The van der Waals surface area contributed by atoms with Crippen molar-refractivity contribution in [3.05, 3.63) is 29.8 Å². The van der Waals surface area contributed by atoms with Gasteiger partial charge in [0.1, 0.15) is 0 Å². The van der Waals surface area contributed by atoms with Crippen molar-refractivity contribution in [1.82, 2.24) is 5.32 Å². The number of nitrogens with zero attached hydrogens (tertiary/aromatic N) is 2. The van der Waals surface area contributed by atoms with Gasteiger partial charge in [-0.2, -0.15) is 5.26 Å². The van der Waals surface area contributed by atoms with Crippen LogP contribution < -0.4 is 9.62 Å². The molecular weight excluding hydrogens is 290 g/mol. The summed E-state index contributed by atoms with van der Waals surface area (Å²) in [6, 6.07) is 8.26. The van der Waals surface area contributed by atoms with Gasteiger partial charge in [-0.1, -0.05) is 6.07 Å². The highest BCUT2D eigenvalue weighted by Gasteiger charge is 2.19. The number of nitriles is 1. The average molecular weight is 309 g/mol. The maximum atomic E-state index is 11.9. The van der Waals surface area contributed by atoms with E-state index in [-0.39, 0.29) is 24.9 Å². The summed E-state index contributed by atoms with van der Waals surface area (Å²) in [7, 11) is -3.52. The first kappa shape index (κ1) is 17.0. The van der Waals surface area contributed by atoms with E-state index in [0.29, 0.717) is 11.3 Å². The van der Waals surface area contributed by atoms with Crippen LogP contribution in [0.2, 0.25) is 0 Å². The highest BCUT2D eigenvalue weighted by molar-refractivity contribution is 7.92. The first-order valence-electron chi connectivity index (χ1n) is 6.51. The second-order valence-corrected chi connectivity index (χ2v) is 6.88. The average Bonchev–Trinajstić information content (AvgIpc) is 2.36. The summed E-state index contributed by atoms with van der Waals surface area (Å²) in [4.78, 5) is 11.7. The number of rotatable bonds is 6. The molecule has 0 radical (unpaired) electrons. The molecule has 0 aliphatic rings. The minimum Gasteiger partial charge on any atom is -0.354 e. The molecule has 1 aromatic rings. The van der Waals surface area contributed by atoms with E-state index in [2.05, 4.69) is 5.32 Å². The van der Waals surface area contributed by atoms with E-state index < -0.39 is 10.0 Å². The molecule has 0 bridgehead atoms. The molecule has 6 nitrogen and oxygen atoms in total. The molecule has 0 saturated carbocycles. The van der Waals surface area contributed by atoms with Gasteiger partial charge in [0.15, 0.2) is 0 Å². The molecule has 0 fully saturated rings. The van der Waals surface area contributed by atoms with Gasteiger partial charge < -0.3 is 5.32 Å². The highest BCUT2D eigenvalue weighted by Crippen LogP contribution is 2.19. The molecule has 21 heavy (non-hydrogen) atoms. The minimum absolute atomic E-state index is 0.00565. The Hall–Kier alpha value is -2.07. The third-order valence-electron chi connectivity index (χ3n) is 2.66. The number of sulfonamides is 1. The lowest BCUT2D eigenvalue weighted by Crippen LogP contribution is -2.36. The molecule has 0 aliphatic heterocycles. The maximum Gasteiger partial charge on any atom is 0.232 e. The monoisotopic (exact) mass is 309 g/mol. The van der Waals surface area contributed by atoms with Gasteiger partial charge in [-0.25, -0.2) is 8.42 Å². The molecule has 0 unspecified atom stereocenters. The lowest BCUT2D eigenvalue weighted by Gasteiger charge is -2.22. The van der Waals surface area contributed by atoms with Crippen LogP contribution in [0.5, 0.6) is 0 Å². The molecule has 7 heteroatoms. The fourth-order valence-electron chi connectivity index (χ4n) is 1.81. The van der Waals surface area contributed by atoms with Crippen molar-refractivity contribution < 1.29 is 13.2 Å². The van der Waals surface area contributed by atoms with Gasteiger partial charge >= 0.3 is 0 Å². The normalized spacial score (nSPS) is 11.0. The van der Waals surface area contributed by atoms with Crippen molar-refractivity contribution in [2.75, 3.05) is 17.1 Å². The molecule has 0 aromatic heterocycles. The van der Waals surface area contributed by atoms with Gasteiger partial charge in [0.05, 0.1) is 23.6 Å². The number of carbonyl (C=O) groups is 1. The zero-order valence-corrected chi connectivity index (χ0v) is 13.1. The Morgan fingerprint density at radius 3 is 2.62 bits per heavy atom. The summed E-state index contributed by atoms with van der Waals surface area (Å²) in [5.41, 5.74) is 0.752. The van der Waals surface area contributed by atoms with Crippen molar-refractivity contribution in [2.24, 2.45) is 0 Å². The van der Waals surface area contributed by atoms with E-state index in [1.807, 2.05) is 19.9 Å². The number of nitrogens with one attached hydrogen (secondary N) is 1. The fourth-order valence-corrected chi connectivity index (χ4v) is 2.73. The first-order valence-corrected chi connectivity index (χ1v) is 8.36. The van der Waals surface area contributed by atoms with Crippen molar-refractivity contribution >= 4 is 21.6 Å². The Kier molecular flexibility index (Phi) is 5.73.